The van der Waals surface area contributed by atoms with Gasteiger partial charge in [0.1, 0.15) is 5.69 Å². The summed E-state index contributed by atoms with van der Waals surface area (Å²) < 4.78 is 4.52. The minimum atomic E-state index is -0.672. The molecule has 0 spiro atoms. The quantitative estimate of drug-likeness (QED) is 0.298. The number of fused-ring (bicyclic) bond motifs is 1. The van der Waals surface area contributed by atoms with Gasteiger partial charge in [0.05, 0.1) is 18.1 Å². The zero-order valence-electron chi connectivity index (χ0n) is 16.8. The topological polar surface area (TPSA) is 105 Å². The molecule has 0 fully saturated rings. The Bertz CT molecular complexity index is 944. The van der Waals surface area contributed by atoms with E-state index in [9.17, 15) is 20.0 Å². The molecule has 0 bridgehead atoms. The number of carbonyl (C=O) groups excluding carboxylic acids is 1. The number of esters is 1. The summed E-state index contributed by atoms with van der Waals surface area (Å²) in [4.78, 5) is 24.3. The molecule has 1 heterocycles. The first kappa shape index (κ1) is 21.5. The smallest absolute Gasteiger partial charge is 0.330 e. The third-order valence-electron chi connectivity index (χ3n) is 5.04. The van der Waals surface area contributed by atoms with Gasteiger partial charge in [-0.3, -0.25) is 15.0 Å². The number of nitro groups is 1. The molecule has 30 heavy (non-hydrogen) atoms. The number of nitrogens with zero attached hydrogens (tertiary/aromatic N) is 2. The Labute approximate surface area is 174 Å². The van der Waals surface area contributed by atoms with Crippen LogP contribution in [0.3, 0.4) is 0 Å². The molecule has 1 aliphatic rings. The molecular formula is C22H25N3O5. The lowest BCUT2D eigenvalue weighted by Gasteiger charge is -2.30. The van der Waals surface area contributed by atoms with Gasteiger partial charge >= 0.3 is 5.97 Å². The van der Waals surface area contributed by atoms with Gasteiger partial charge in [-0.25, -0.2) is 4.79 Å². The first-order valence-corrected chi connectivity index (χ1v) is 9.72. The highest BCUT2D eigenvalue weighted by Gasteiger charge is 2.20. The van der Waals surface area contributed by atoms with Gasteiger partial charge < -0.3 is 15.2 Å². The zero-order valence-corrected chi connectivity index (χ0v) is 16.8. The number of hydrogen-bond donors (Lipinski definition) is 2. The maximum Gasteiger partial charge on any atom is 0.330 e. The van der Waals surface area contributed by atoms with Crippen molar-refractivity contribution >= 4 is 23.4 Å². The monoisotopic (exact) mass is 411 g/mol. The molecule has 0 aromatic heterocycles. The Morgan fingerprint density at radius 3 is 2.83 bits per heavy atom. The molecule has 0 saturated carbocycles. The number of β-amino-alcohol motifs (C(OH)–C–C–N with tert-alkyl or cyclic N) is 1. The number of benzene rings is 2. The Kier molecular flexibility index (Phi) is 7.16. The van der Waals surface area contributed by atoms with Crippen LogP contribution in [0.2, 0.25) is 0 Å². The summed E-state index contributed by atoms with van der Waals surface area (Å²) in [5, 5.41) is 24.8. The fourth-order valence-electron chi connectivity index (χ4n) is 3.49. The molecule has 3 rings (SSSR count). The van der Waals surface area contributed by atoms with Crippen LogP contribution in [-0.4, -0.2) is 53.7 Å². The van der Waals surface area contributed by atoms with Crippen LogP contribution in [0, 0.1) is 10.1 Å². The molecule has 1 atom stereocenters. The van der Waals surface area contributed by atoms with Gasteiger partial charge in [-0.1, -0.05) is 30.3 Å². The first-order valence-electron chi connectivity index (χ1n) is 9.72. The van der Waals surface area contributed by atoms with E-state index in [0.29, 0.717) is 17.8 Å². The third kappa shape index (κ3) is 5.65. The summed E-state index contributed by atoms with van der Waals surface area (Å²) in [7, 11) is 1.26. The van der Waals surface area contributed by atoms with E-state index in [-0.39, 0.29) is 12.2 Å². The number of anilines is 1. The van der Waals surface area contributed by atoms with Crippen molar-refractivity contribution in [2.75, 3.05) is 32.1 Å². The van der Waals surface area contributed by atoms with Gasteiger partial charge in [0, 0.05) is 38.3 Å². The van der Waals surface area contributed by atoms with Crippen molar-refractivity contribution in [3.05, 3.63) is 75.3 Å². The highest BCUT2D eigenvalue weighted by atomic mass is 16.6. The molecule has 0 amide bonds. The second-order valence-electron chi connectivity index (χ2n) is 7.18. The molecule has 0 saturated heterocycles. The van der Waals surface area contributed by atoms with E-state index in [1.807, 2.05) is 12.1 Å². The number of carbonyl (C=O) groups is 1. The van der Waals surface area contributed by atoms with Gasteiger partial charge in [-0.15, -0.1) is 0 Å². The molecule has 8 nitrogen and oxygen atoms in total. The Morgan fingerprint density at radius 1 is 1.33 bits per heavy atom. The minimum Gasteiger partial charge on any atom is -0.466 e. The number of ether oxygens (including phenoxy) is 1. The molecule has 2 aromatic carbocycles. The van der Waals surface area contributed by atoms with Crippen molar-refractivity contribution in [2.24, 2.45) is 0 Å². The predicted octanol–water partition coefficient (Wildman–Crippen LogP) is 2.61. The van der Waals surface area contributed by atoms with Crippen LogP contribution in [0.5, 0.6) is 0 Å². The lowest BCUT2D eigenvalue weighted by molar-refractivity contribution is -0.384. The van der Waals surface area contributed by atoms with Gasteiger partial charge in [-0.05, 0) is 35.3 Å². The number of methoxy groups -OCH3 is 1. The van der Waals surface area contributed by atoms with E-state index in [0.717, 1.165) is 19.5 Å². The normalized spacial score (nSPS) is 14.9. The number of nitro benzene ring substituents is 1. The van der Waals surface area contributed by atoms with Crippen LogP contribution in [0.15, 0.2) is 48.5 Å². The van der Waals surface area contributed by atoms with Crippen LogP contribution in [0.1, 0.15) is 16.7 Å². The van der Waals surface area contributed by atoms with Crippen LogP contribution in [0.4, 0.5) is 11.4 Å². The van der Waals surface area contributed by atoms with Crippen molar-refractivity contribution in [3.8, 4) is 0 Å². The fourth-order valence-corrected chi connectivity index (χ4v) is 3.49. The molecule has 8 heteroatoms. The van der Waals surface area contributed by atoms with E-state index in [2.05, 4.69) is 27.1 Å². The average molecular weight is 411 g/mol. The Hall–Kier alpha value is -3.23. The van der Waals surface area contributed by atoms with Crippen molar-refractivity contribution in [2.45, 2.75) is 19.1 Å². The van der Waals surface area contributed by atoms with Gasteiger partial charge in [0.2, 0.25) is 0 Å². The second kappa shape index (κ2) is 10.00. The van der Waals surface area contributed by atoms with E-state index in [1.165, 1.54) is 36.5 Å². The van der Waals surface area contributed by atoms with Crippen molar-refractivity contribution in [1.82, 2.24) is 4.90 Å². The maximum absolute atomic E-state index is 11.4. The second-order valence-corrected chi connectivity index (χ2v) is 7.18. The van der Waals surface area contributed by atoms with Crippen LogP contribution in [-0.2, 0) is 22.5 Å². The molecule has 1 unspecified atom stereocenters. The highest BCUT2D eigenvalue weighted by Crippen LogP contribution is 2.26. The van der Waals surface area contributed by atoms with Crippen LogP contribution < -0.4 is 5.32 Å². The number of aliphatic hydroxyl groups is 1. The number of nitrogens with one attached hydrogen (secondary N) is 1. The van der Waals surface area contributed by atoms with Gasteiger partial charge in [0.25, 0.3) is 5.69 Å². The molecule has 2 N–H and O–H groups in total. The maximum atomic E-state index is 11.4. The SMILES string of the molecule is COC(=O)/C=C/c1ccc(NCC(O)CN2CCc3ccccc3C2)c([N+](=O)[O-])c1. The molecule has 0 radical (unpaired) electrons. The highest BCUT2D eigenvalue weighted by molar-refractivity contribution is 5.87. The summed E-state index contributed by atoms with van der Waals surface area (Å²) >= 11 is 0. The van der Waals surface area contributed by atoms with Crippen molar-refractivity contribution in [3.63, 3.8) is 0 Å². The van der Waals surface area contributed by atoms with Gasteiger partial charge in [-0.2, -0.15) is 0 Å². The predicted molar refractivity (Wildman–Crippen MR) is 114 cm³/mol. The molecular weight excluding hydrogens is 386 g/mol. The summed E-state index contributed by atoms with van der Waals surface area (Å²) in [6, 6.07) is 12.9. The molecule has 2 aromatic rings. The molecule has 158 valence electrons. The number of aliphatic hydroxyl groups excluding tert-OH is 1. The lowest BCUT2D eigenvalue weighted by atomic mass is 10.00. The molecule has 1 aliphatic heterocycles. The summed E-state index contributed by atoms with van der Waals surface area (Å²) in [5.41, 5.74) is 3.32. The van der Waals surface area contributed by atoms with Crippen LogP contribution >= 0.6 is 0 Å². The van der Waals surface area contributed by atoms with Crippen LogP contribution in [0.25, 0.3) is 6.08 Å². The van der Waals surface area contributed by atoms with Crippen molar-refractivity contribution < 1.29 is 19.6 Å². The van der Waals surface area contributed by atoms with Crippen molar-refractivity contribution in [1.29, 1.82) is 0 Å². The fraction of sp³-hybridized carbons (Fsp3) is 0.318. The average Bonchev–Trinajstić information content (AvgIpc) is 2.76. The summed E-state index contributed by atoms with van der Waals surface area (Å²) in [6.45, 7) is 2.33. The Balaban J connectivity index is 1.58. The first-order chi connectivity index (χ1) is 14.5. The van der Waals surface area contributed by atoms with E-state index < -0.39 is 17.0 Å². The summed E-state index contributed by atoms with van der Waals surface area (Å²) in [6.07, 6.45) is 2.93. The standard InChI is InChI=1S/C22H25N3O5/c1-30-22(27)9-7-16-6-8-20(21(12-16)25(28)29)23-13-19(26)15-24-11-10-17-4-2-3-5-18(17)14-24/h2-9,12,19,23,26H,10-11,13-15H2,1H3/b9-7+. The molecule has 0 aliphatic carbocycles. The lowest BCUT2D eigenvalue weighted by Crippen LogP contribution is -2.39. The minimum absolute atomic E-state index is 0.124. The summed E-state index contributed by atoms with van der Waals surface area (Å²) in [5.74, 6) is -0.539. The largest absolute Gasteiger partial charge is 0.466 e. The van der Waals surface area contributed by atoms with E-state index in [1.54, 1.807) is 12.1 Å². The number of hydrogen-bond acceptors (Lipinski definition) is 7. The Morgan fingerprint density at radius 2 is 2.10 bits per heavy atom. The zero-order chi connectivity index (χ0) is 21.5. The number of rotatable bonds is 8. The van der Waals surface area contributed by atoms with E-state index in [4.69, 9.17) is 0 Å². The van der Waals surface area contributed by atoms with E-state index >= 15 is 0 Å². The van der Waals surface area contributed by atoms with Gasteiger partial charge in [0.15, 0.2) is 0 Å². The third-order valence-corrected chi connectivity index (χ3v) is 5.04.